The van der Waals surface area contributed by atoms with Gasteiger partial charge < -0.3 is 14.4 Å². The second kappa shape index (κ2) is 8.34. The summed E-state index contributed by atoms with van der Waals surface area (Å²) >= 11 is 0. The maximum absolute atomic E-state index is 13.9. The Labute approximate surface area is 151 Å². The Kier molecular flexibility index (Phi) is 5.69. The number of carbonyl (C=O) groups excluding carboxylic acids is 1. The summed E-state index contributed by atoms with van der Waals surface area (Å²) in [6.45, 7) is 1.24. The summed E-state index contributed by atoms with van der Waals surface area (Å²) in [6.07, 6.45) is 0.673. The standard InChI is InChI=1S/C20H19FN2O3/c21-18-12-16(13-22)6-7-19(18)26-17-8-10-23(11-9-17)20(24)25-14-15-4-2-1-3-5-15/h1-7,12,17H,8-11,14H2. The molecule has 1 saturated heterocycles. The molecule has 134 valence electrons. The normalized spacial score (nSPS) is 14.5. The number of hydrogen-bond acceptors (Lipinski definition) is 4. The molecule has 1 amide bonds. The molecule has 1 aliphatic rings. The van der Waals surface area contributed by atoms with Gasteiger partial charge in [0.2, 0.25) is 0 Å². The molecule has 0 spiro atoms. The smallest absolute Gasteiger partial charge is 0.410 e. The first-order valence-electron chi connectivity index (χ1n) is 8.47. The van der Waals surface area contributed by atoms with E-state index in [1.807, 2.05) is 36.4 Å². The largest absolute Gasteiger partial charge is 0.487 e. The molecule has 0 aromatic heterocycles. The van der Waals surface area contributed by atoms with Gasteiger partial charge in [-0.1, -0.05) is 30.3 Å². The van der Waals surface area contributed by atoms with Gasteiger partial charge >= 0.3 is 6.09 Å². The van der Waals surface area contributed by atoms with Crippen molar-refractivity contribution in [2.75, 3.05) is 13.1 Å². The lowest BCUT2D eigenvalue weighted by molar-refractivity contribution is 0.0626. The van der Waals surface area contributed by atoms with Gasteiger partial charge in [0, 0.05) is 25.9 Å². The fraction of sp³-hybridized carbons (Fsp3) is 0.300. The van der Waals surface area contributed by atoms with Gasteiger partial charge in [-0.15, -0.1) is 0 Å². The molecule has 6 heteroatoms. The van der Waals surface area contributed by atoms with E-state index in [-0.39, 0.29) is 30.1 Å². The van der Waals surface area contributed by atoms with Crippen molar-refractivity contribution < 1.29 is 18.7 Å². The Hall–Kier alpha value is -3.07. The lowest BCUT2D eigenvalue weighted by Crippen LogP contribution is -2.42. The molecular formula is C20H19FN2O3. The third-order valence-corrected chi connectivity index (χ3v) is 4.26. The number of amides is 1. The number of piperidine rings is 1. The summed E-state index contributed by atoms with van der Waals surface area (Å²) in [4.78, 5) is 13.8. The van der Waals surface area contributed by atoms with Crippen molar-refractivity contribution >= 4 is 6.09 Å². The summed E-state index contributed by atoms with van der Waals surface area (Å²) in [5, 5.41) is 8.77. The third-order valence-electron chi connectivity index (χ3n) is 4.26. The van der Waals surface area contributed by atoms with E-state index in [2.05, 4.69) is 0 Å². The zero-order valence-electron chi connectivity index (χ0n) is 14.2. The molecule has 0 saturated carbocycles. The van der Waals surface area contributed by atoms with E-state index in [1.165, 1.54) is 12.1 Å². The van der Waals surface area contributed by atoms with Crippen molar-refractivity contribution in [2.45, 2.75) is 25.6 Å². The second-order valence-electron chi connectivity index (χ2n) is 6.10. The van der Waals surface area contributed by atoms with Crippen molar-refractivity contribution in [2.24, 2.45) is 0 Å². The molecule has 0 N–H and O–H groups in total. The van der Waals surface area contributed by atoms with E-state index in [0.29, 0.717) is 25.9 Å². The van der Waals surface area contributed by atoms with Crippen LogP contribution in [0.4, 0.5) is 9.18 Å². The molecule has 1 fully saturated rings. The molecule has 0 bridgehead atoms. The number of nitriles is 1. The number of benzene rings is 2. The number of ether oxygens (including phenoxy) is 2. The molecule has 3 rings (SSSR count). The Bertz CT molecular complexity index is 796. The van der Waals surface area contributed by atoms with E-state index in [0.717, 1.165) is 11.6 Å². The van der Waals surface area contributed by atoms with Crippen LogP contribution in [0.2, 0.25) is 0 Å². The van der Waals surface area contributed by atoms with Gasteiger partial charge in [-0.25, -0.2) is 9.18 Å². The van der Waals surface area contributed by atoms with Crippen LogP contribution in [-0.4, -0.2) is 30.2 Å². The van der Waals surface area contributed by atoms with Gasteiger partial charge in [0.15, 0.2) is 11.6 Å². The van der Waals surface area contributed by atoms with Gasteiger partial charge in [-0.3, -0.25) is 0 Å². The van der Waals surface area contributed by atoms with Crippen molar-refractivity contribution in [1.29, 1.82) is 5.26 Å². The molecule has 2 aromatic carbocycles. The van der Waals surface area contributed by atoms with E-state index < -0.39 is 5.82 Å². The quantitative estimate of drug-likeness (QED) is 0.836. The molecule has 1 aliphatic heterocycles. The first-order valence-corrected chi connectivity index (χ1v) is 8.47. The Morgan fingerprint density at radius 2 is 1.92 bits per heavy atom. The Morgan fingerprint density at radius 1 is 1.19 bits per heavy atom. The summed E-state index contributed by atoms with van der Waals surface area (Å²) in [5.74, 6) is -0.414. The van der Waals surface area contributed by atoms with Crippen LogP contribution in [-0.2, 0) is 11.3 Å². The number of nitrogens with zero attached hydrogens (tertiary/aromatic N) is 2. The van der Waals surface area contributed by atoms with Gasteiger partial charge in [-0.2, -0.15) is 5.26 Å². The lowest BCUT2D eigenvalue weighted by atomic mass is 10.1. The molecule has 5 nitrogen and oxygen atoms in total. The molecule has 0 aliphatic carbocycles. The highest BCUT2D eigenvalue weighted by Crippen LogP contribution is 2.23. The van der Waals surface area contributed by atoms with Crippen molar-refractivity contribution in [3.63, 3.8) is 0 Å². The zero-order valence-corrected chi connectivity index (χ0v) is 14.2. The van der Waals surface area contributed by atoms with Crippen molar-refractivity contribution in [3.05, 3.63) is 65.5 Å². The minimum atomic E-state index is -0.547. The van der Waals surface area contributed by atoms with E-state index in [1.54, 1.807) is 4.90 Å². The van der Waals surface area contributed by atoms with E-state index >= 15 is 0 Å². The number of likely N-dealkylation sites (tertiary alicyclic amines) is 1. The fourth-order valence-electron chi connectivity index (χ4n) is 2.81. The zero-order chi connectivity index (χ0) is 18.4. The van der Waals surface area contributed by atoms with Crippen LogP contribution in [0.25, 0.3) is 0 Å². The lowest BCUT2D eigenvalue weighted by Gasteiger charge is -2.31. The van der Waals surface area contributed by atoms with Gasteiger partial charge in [0.1, 0.15) is 12.7 Å². The molecule has 0 atom stereocenters. The SMILES string of the molecule is N#Cc1ccc(OC2CCN(C(=O)OCc3ccccc3)CC2)c(F)c1. The topological polar surface area (TPSA) is 62.6 Å². The minimum Gasteiger partial charge on any atom is -0.487 e. The maximum Gasteiger partial charge on any atom is 0.410 e. The molecule has 0 radical (unpaired) electrons. The number of rotatable bonds is 4. The van der Waals surface area contributed by atoms with Crippen LogP contribution in [0.3, 0.4) is 0 Å². The average Bonchev–Trinajstić information content (AvgIpc) is 2.69. The first kappa shape index (κ1) is 17.7. The minimum absolute atomic E-state index is 0.133. The van der Waals surface area contributed by atoms with Gasteiger partial charge in [-0.05, 0) is 23.8 Å². The maximum atomic E-state index is 13.9. The summed E-state index contributed by atoms with van der Waals surface area (Å²) in [6, 6.07) is 15.5. The second-order valence-corrected chi connectivity index (χ2v) is 6.10. The van der Waals surface area contributed by atoms with Crippen LogP contribution in [0.5, 0.6) is 5.75 Å². The van der Waals surface area contributed by atoms with Crippen LogP contribution in [0.15, 0.2) is 48.5 Å². The fourth-order valence-corrected chi connectivity index (χ4v) is 2.81. The monoisotopic (exact) mass is 354 g/mol. The molecular weight excluding hydrogens is 335 g/mol. The van der Waals surface area contributed by atoms with Crippen molar-refractivity contribution in [1.82, 2.24) is 4.90 Å². The Morgan fingerprint density at radius 3 is 2.58 bits per heavy atom. The van der Waals surface area contributed by atoms with Crippen LogP contribution < -0.4 is 4.74 Å². The predicted octanol–water partition coefficient (Wildman–Crippen LogP) is 3.88. The summed E-state index contributed by atoms with van der Waals surface area (Å²) < 4.78 is 24.9. The van der Waals surface area contributed by atoms with E-state index in [9.17, 15) is 9.18 Å². The highest BCUT2D eigenvalue weighted by atomic mass is 19.1. The number of halogens is 1. The van der Waals surface area contributed by atoms with Crippen molar-refractivity contribution in [3.8, 4) is 11.8 Å². The molecule has 26 heavy (non-hydrogen) atoms. The summed E-state index contributed by atoms with van der Waals surface area (Å²) in [5.41, 5.74) is 1.20. The third kappa shape index (κ3) is 4.51. The number of hydrogen-bond donors (Lipinski definition) is 0. The van der Waals surface area contributed by atoms with Gasteiger partial charge in [0.05, 0.1) is 11.6 Å². The highest BCUT2D eigenvalue weighted by Gasteiger charge is 2.25. The summed E-state index contributed by atoms with van der Waals surface area (Å²) in [7, 11) is 0. The number of carbonyl (C=O) groups is 1. The highest BCUT2D eigenvalue weighted by molar-refractivity contribution is 5.67. The Balaban J connectivity index is 1.46. The van der Waals surface area contributed by atoms with Crippen LogP contribution in [0, 0.1) is 17.1 Å². The predicted molar refractivity (Wildman–Crippen MR) is 93.0 cm³/mol. The average molecular weight is 354 g/mol. The molecule has 2 aromatic rings. The van der Waals surface area contributed by atoms with Crippen LogP contribution >= 0.6 is 0 Å². The van der Waals surface area contributed by atoms with Gasteiger partial charge in [0.25, 0.3) is 0 Å². The molecule has 1 heterocycles. The van der Waals surface area contributed by atoms with E-state index in [4.69, 9.17) is 14.7 Å². The first-order chi connectivity index (χ1) is 12.7. The molecule has 0 unspecified atom stereocenters. The van der Waals surface area contributed by atoms with Crippen LogP contribution in [0.1, 0.15) is 24.0 Å².